The third-order valence-electron chi connectivity index (χ3n) is 2.64. The predicted octanol–water partition coefficient (Wildman–Crippen LogP) is 5.93. The summed E-state index contributed by atoms with van der Waals surface area (Å²) in [7, 11) is 0. The molecule has 0 aliphatic heterocycles. The maximum atomic E-state index is 12.6. The molecule has 1 aromatic carbocycles. The van der Waals surface area contributed by atoms with Crippen molar-refractivity contribution in [1.29, 1.82) is 0 Å². The van der Waals surface area contributed by atoms with Crippen LogP contribution < -0.4 is 0 Å². The second-order valence-electron chi connectivity index (χ2n) is 4.38. The largest absolute Gasteiger partial charge is 0.416 e. The zero-order valence-corrected chi connectivity index (χ0v) is 10.8. The van der Waals surface area contributed by atoms with Crippen LogP contribution >= 0.6 is 0 Å². The van der Waals surface area contributed by atoms with Gasteiger partial charge in [0.25, 0.3) is 0 Å². The number of benzene rings is 1. The minimum absolute atomic E-state index is 0.0942. The van der Waals surface area contributed by atoms with Crippen LogP contribution in [0.25, 0.3) is 6.08 Å². The normalized spacial score (nSPS) is 13.2. The van der Waals surface area contributed by atoms with Crippen molar-refractivity contribution in [1.82, 2.24) is 0 Å². The Bertz CT molecular complexity index is 435. The lowest BCUT2D eigenvalue weighted by Gasteiger charge is -2.12. The van der Waals surface area contributed by atoms with E-state index in [1.165, 1.54) is 6.08 Å². The van der Waals surface area contributed by atoms with Crippen LogP contribution in [-0.4, -0.2) is 0 Å². The van der Waals surface area contributed by atoms with Crippen LogP contribution in [0.4, 0.5) is 26.3 Å². The van der Waals surface area contributed by atoms with E-state index in [4.69, 9.17) is 0 Å². The lowest BCUT2D eigenvalue weighted by atomic mass is 10.0. The Morgan fingerprint density at radius 2 is 1.40 bits per heavy atom. The summed E-state index contributed by atoms with van der Waals surface area (Å²) in [5.41, 5.74) is -2.67. The van der Waals surface area contributed by atoms with Crippen LogP contribution in [0.3, 0.4) is 0 Å². The highest BCUT2D eigenvalue weighted by Gasteiger charge is 2.36. The van der Waals surface area contributed by atoms with E-state index in [1.54, 1.807) is 6.08 Å². The predicted molar refractivity (Wildman–Crippen MR) is 65.0 cm³/mol. The van der Waals surface area contributed by atoms with E-state index in [0.717, 1.165) is 25.0 Å². The van der Waals surface area contributed by atoms with Crippen LogP contribution in [0.15, 0.2) is 24.3 Å². The molecule has 0 bridgehead atoms. The molecule has 1 rings (SSSR count). The van der Waals surface area contributed by atoms with Gasteiger partial charge in [-0.3, -0.25) is 0 Å². The fourth-order valence-corrected chi connectivity index (χ4v) is 1.62. The number of allylic oxidation sites excluding steroid dienone is 1. The summed E-state index contributed by atoms with van der Waals surface area (Å²) in [6, 6.07) is 1.57. The van der Waals surface area contributed by atoms with Crippen molar-refractivity contribution in [3.05, 3.63) is 41.0 Å². The zero-order valence-electron chi connectivity index (χ0n) is 10.8. The van der Waals surface area contributed by atoms with Gasteiger partial charge in [-0.1, -0.05) is 31.9 Å². The Kier molecular flexibility index (Phi) is 5.25. The van der Waals surface area contributed by atoms with Crippen molar-refractivity contribution in [3.63, 3.8) is 0 Å². The molecule has 0 saturated heterocycles. The topological polar surface area (TPSA) is 0 Å². The first kappa shape index (κ1) is 16.6. The maximum Gasteiger partial charge on any atom is 0.416 e. The van der Waals surface area contributed by atoms with Crippen molar-refractivity contribution in [2.45, 2.75) is 38.5 Å². The molecule has 0 aromatic heterocycles. The molecule has 0 heterocycles. The fourth-order valence-electron chi connectivity index (χ4n) is 1.62. The average Bonchev–Trinajstić information content (AvgIpc) is 2.32. The Labute approximate surface area is 113 Å². The third-order valence-corrected chi connectivity index (χ3v) is 2.64. The van der Waals surface area contributed by atoms with Gasteiger partial charge in [0, 0.05) is 0 Å². The van der Waals surface area contributed by atoms with E-state index < -0.39 is 23.5 Å². The summed E-state index contributed by atoms with van der Waals surface area (Å²) < 4.78 is 75.5. The Morgan fingerprint density at radius 3 is 1.80 bits per heavy atom. The number of unbranched alkanes of at least 4 members (excludes halogenated alkanes) is 2. The average molecular weight is 296 g/mol. The Hall–Kier alpha value is -1.46. The first-order valence-electron chi connectivity index (χ1n) is 6.10. The van der Waals surface area contributed by atoms with Gasteiger partial charge in [-0.05, 0) is 30.2 Å². The number of rotatable bonds is 4. The summed E-state index contributed by atoms with van der Waals surface area (Å²) >= 11 is 0. The molecule has 0 spiro atoms. The number of alkyl halides is 6. The van der Waals surface area contributed by atoms with Crippen LogP contribution in [0, 0.1) is 0 Å². The molecule has 0 nitrogen and oxygen atoms in total. The van der Waals surface area contributed by atoms with Gasteiger partial charge in [-0.15, -0.1) is 0 Å². The molecule has 0 N–H and O–H groups in total. The molecule has 112 valence electrons. The lowest BCUT2D eigenvalue weighted by Crippen LogP contribution is -2.11. The smallest absolute Gasteiger partial charge is 0.166 e. The van der Waals surface area contributed by atoms with Gasteiger partial charge < -0.3 is 0 Å². The molecule has 0 radical (unpaired) electrons. The molecular formula is C14H14F6. The van der Waals surface area contributed by atoms with Gasteiger partial charge >= 0.3 is 12.4 Å². The number of hydrogen-bond donors (Lipinski definition) is 0. The molecule has 0 aliphatic carbocycles. The first-order valence-corrected chi connectivity index (χ1v) is 6.10. The molecule has 20 heavy (non-hydrogen) atoms. The third kappa shape index (κ3) is 4.90. The molecule has 0 saturated carbocycles. The van der Waals surface area contributed by atoms with Crippen LogP contribution in [-0.2, 0) is 12.4 Å². The summed E-state index contributed by atoms with van der Waals surface area (Å²) in [6.45, 7) is 1.94. The Balaban J connectivity index is 3.14. The van der Waals surface area contributed by atoms with Crippen LogP contribution in [0.1, 0.15) is 42.9 Å². The standard InChI is InChI=1S/C14H14F6/c1-2-3-4-5-6-10-7-11(13(15,16)17)9-12(8-10)14(18,19)20/h5-9H,2-4H2,1H3/b6-5+. The van der Waals surface area contributed by atoms with Gasteiger partial charge in [0.15, 0.2) is 0 Å². The van der Waals surface area contributed by atoms with Gasteiger partial charge in [-0.2, -0.15) is 26.3 Å². The highest BCUT2D eigenvalue weighted by Crippen LogP contribution is 2.36. The number of halogens is 6. The summed E-state index contributed by atoms with van der Waals surface area (Å²) in [5.74, 6) is 0. The minimum Gasteiger partial charge on any atom is -0.166 e. The monoisotopic (exact) mass is 296 g/mol. The van der Waals surface area contributed by atoms with E-state index in [9.17, 15) is 26.3 Å². The van der Waals surface area contributed by atoms with Gasteiger partial charge in [0.1, 0.15) is 0 Å². The highest BCUT2D eigenvalue weighted by atomic mass is 19.4. The van der Waals surface area contributed by atoms with Crippen molar-refractivity contribution >= 4 is 6.08 Å². The molecule has 6 heteroatoms. The second-order valence-corrected chi connectivity index (χ2v) is 4.38. The highest BCUT2D eigenvalue weighted by molar-refractivity contribution is 5.53. The molecule has 0 aliphatic rings. The molecule has 0 amide bonds. The van der Waals surface area contributed by atoms with Gasteiger partial charge in [-0.25, -0.2) is 0 Å². The van der Waals surface area contributed by atoms with E-state index >= 15 is 0 Å². The maximum absolute atomic E-state index is 12.6. The molecular weight excluding hydrogens is 282 g/mol. The molecule has 0 fully saturated rings. The lowest BCUT2D eigenvalue weighted by molar-refractivity contribution is -0.143. The summed E-state index contributed by atoms with van der Waals surface area (Å²) in [4.78, 5) is 0. The van der Waals surface area contributed by atoms with Crippen molar-refractivity contribution in [2.75, 3.05) is 0 Å². The van der Waals surface area contributed by atoms with E-state index in [1.807, 2.05) is 6.92 Å². The number of hydrogen-bond acceptors (Lipinski definition) is 0. The van der Waals surface area contributed by atoms with Gasteiger partial charge in [0.05, 0.1) is 11.1 Å². The van der Waals surface area contributed by atoms with E-state index in [2.05, 4.69) is 0 Å². The van der Waals surface area contributed by atoms with E-state index in [0.29, 0.717) is 6.42 Å². The van der Waals surface area contributed by atoms with Crippen LogP contribution in [0.2, 0.25) is 0 Å². The summed E-state index contributed by atoms with van der Waals surface area (Å²) in [6.07, 6.45) is -4.36. The van der Waals surface area contributed by atoms with E-state index in [-0.39, 0.29) is 11.6 Å². The molecule has 0 unspecified atom stereocenters. The fraction of sp³-hybridized carbons (Fsp3) is 0.429. The van der Waals surface area contributed by atoms with Crippen molar-refractivity contribution < 1.29 is 26.3 Å². The first-order chi connectivity index (χ1) is 9.14. The molecule has 0 atom stereocenters. The summed E-state index contributed by atoms with van der Waals surface area (Å²) in [5, 5.41) is 0. The van der Waals surface area contributed by atoms with Gasteiger partial charge in [0.2, 0.25) is 0 Å². The van der Waals surface area contributed by atoms with Crippen molar-refractivity contribution in [2.24, 2.45) is 0 Å². The minimum atomic E-state index is -4.80. The molecule has 1 aromatic rings. The van der Waals surface area contributed by atoms with Crippen LogP contribution in [0.5, 0.6) is 0 Å². The van der Waals surface area contributed by atoms with Crippen molar-refractivity contribution in [3.8, 4) is 0 Å². The second kappa shape index (κ2) is 6.33. The quantitative estimate of drug-likeness (QED) is 0.477. The zero-order chi connectivity index (χ0) is 15.4. The Morgan fingerprint density at radius 1 is 0.900 bits per heavy atom. The SMILES string of the molecule is CCCC/C=C/c1cc(C(F)(F)F)cc(C(F)(F)F)c1.